The highest BCUT2D eigenvalue weighted by Crippen LogP contribution is 2.39. The molecule has 3 aromatic rings. The van der Waals surface area contributed by atoms with Crippen LogP contribution in [-0.2, 0) is 13.0 Å². The van der Waals surface area contributed by atoms with Gasteiger partial charge in [-0.25, -0.2) is 0 Å². The third-order valence-corrected chi connectivity index (χ3v) is 5.05. The summed E-state index contributed by atoms with van der Waals surface area (Å²) < 4.78 is 24.4. The second-order valence-corrected chi connectivity index (χ2v) is 6.31. The molecule has 1 aliphatic heterocycles. The number of ether oxygens (including phenoxy) is 4. The number of nitrogens with zero attached hydrogens (tertiary/aromatic N) is 1. The van der Waals surface area contributed by atoms with E-state index < -0.39 is 0 Å². The lowest BCUT2D eigenvalue weighted by atomic mass is 9.94. The first kappa shape index (κ1) is 19.5. The van der Waals surface area contributed by atoms with Crippen LogP contribution in [-0.4, -0.2) is 28.4 Å². The van der Waals surface area contributed by atoms with Gasteiger partial charge >= 0.3 is 0 Å². The first-order valence-electron chi connectivity index (χ1n) is 8.50. The molecule has 0 atom stereocenters. The van der Waals surface area contributed by atoms with Crippen molar-refractivity contribution in [1.29, 1.82) is 0 Å². The van der Waals surface area contributed by atoms with Crippen LogP contribution in [0.4, 0.5) is 0 Å². The van der Waals surface area contributed by atoms with Gasteiger partial charge in [0.05, 0.1) is 40.2 Å². The highest BCUT2D eigenvalue weighted by Gasteiger charge is 2.28. The molecule has 0 N–H and O–H groups in total. The summed E-state index contributed by atoms with van der Waals surface area (Å²) in [5.41, 5.74) is 3.68. The molecule has 0 fully saturated rings. The minimum atomic E-state index is 0. The Morgan fingerprint density at radius 3 is 2.07 bits per heavy atom. The Kier molecular flexibility index (Phi) is 5.64. The van der Waals surface area contributed by atoms with Gasteiger partial charge in [-0.1, -0.05) is 0 Å². The highest BCUT2D eigenvalue weighted by atomic mass is 127. The number of hydrogen-bond donors (Lipinski definition) is 0. The number of halogens is 1. The van der Waals surface area contributed by atoms with Crippen LogP contribution in [0.1, 0.15) is 16.8 Å². The molecule has 5 nitrogen and oxygen atoms in total. The maximum absolute atomic E-state index is 5.70. The fourth-order valence-corrected chi connectivity index (χ4v) is 3.76. The Morgan fingerprint density at radius 2 is 1.44 bits per heavy atom. The van der Waals surface area contributed by atoms with E-state index in [2.05, 4.69) is 35.0 Å². The van der Waals surface area contributed by atoms with E-state index in [1.165, 1.54) is 16.8 Å². The van der Waals surface area contributed by atoms with Crippen LogP contribution in [0.15, 0.2) is 36.5 Å². The van der Waals surface area contributed by atoms with Crippen molar-refractivity contribution in [1.82, 2.24) is 0 Å². The van der Waals surface area contributed by atoms with Crippen molar-refractivity contribution in [3.8, 4) is 23.0 Å². The van der Waals surface area contributed by atoms with E-state index in [4.69, 9.17) is 18.9 Å². The summed E-state index contributed by atoms with van der Waals surface area (Å²) in [6.45, 7) is 0.779. The standard InChI is InChI=1S/C21H22NO4.HI/c1-23-17-6-5-13-7-8-22-12-15-11-19(25-3)18(24-2)10-14(15)9-16(22)20(13)21(17)26-4;/h5-8,10-11H,9,12H2,1-4H3;1H/q+1;/p-1. The van der Waals surface area contributed by atoms with Crippen molar-refractivity contribution in [2.75, 3.05) is 28.4 Å². The molecule has 1 aromatic heterocycles. The summed E-state index contributed by atoms with van der Waals surface area (Å²) in [6, 6.07) is 10.3. The van der Waals surface area contributed by atoms with Crippen molar-refractivity contribution < 1.29 is 47.5 Å². The van der Waals surface area contributed by atoms with Gasteiger partial charge in [0.1, 0.15) is 0 Å². The molecule has 2 aromatic carbocycles. The van der Waals surface area contributed by atoms with Gasteiger partial charge in [-0.05, 0) is 35.2 Å². The van der Waals surface area contributed by atoms with Gasteiger partial charge in [0.2, 0.25) is 0 Å². The topological polar surface area (TPSA) is 40.8 Å². The molecule has 142 valence electrons. The zero-order chi connectivity index (χ0) is 18.3. The lowest BCUT2D eigenvalue weighted by Gasteiger charge is -2.20. The van der Waals surface area contributed by atoms with Gasteiger partial charge in [-0.3, -0.25) is 0 Å². The first-order chi connectivity index (χ1) is 12.7. The van der Waals surface area contributed by atoms with E-state index in [-0.39, 0.29) is 24.0 Å². The third-order valence-electron chi connectivity index (χ3n) is 5.05. The molecule has 0 aliphatic carbocycles. The summed E-state index contributed by atoms with van der Waals surface area (Å²) in [5, 5.41) is 2.23. The van der Waals surface area contributed by atoms with Gasteiger partial charge < -0.3 is 42.9 Å². The van der Waals surface area contributed by atoms with E-state index in [0.29, 0.717) is 0 Å². The highest BCUT2D eigenvalue weighted by molar-refractivity contribution is 5.92. The maximum atomic E-state index is 5.70. The summed E-state index contributed by atoms with van der Waals surface area (Å²) in [4.78, 5) is 0. The van der Waals surface area contributed by atoms with E-state index in [1.54, 1.807) is 28.4 Å². The molecule has 0 bridgehead atoms. The zero-order valence-corrected chi connectivity index (χ0v) is 18.0. The summed E-state index contributed by atoms with van der Waals surface area (Å²) in [7, 11) is 6.68. The quantitative estimate of drug-likeness (QED) is 0.308. The molecular weight excluding hydrogens is 457 g/mol. The minimum absolute atomic E-state index is 0. The lowest BCUT2D eigenvalue weighted by molar-refractivity contribution is -0.696. The van der Waals surface area contributed by atoms with E-state index in [0.717, 1.165) is 46.7 Å². The SMILES string of the molecule is COc1cc2c(cc1OC)C[n+]1ccc3ccc(OC)c(OC)c3c1C2.[I-]. The van der Waals surface area contributed by atoms with Crippen LogP contribution in [0.5, 0.6) is 23.0 Å². The summed E-state index contributed by atoms with van der Waals surface area (Å²) in [6.07, 6.45) is 2.92. The zero-order valence-electron chi connectivity index (χ0n) is 15.8. The second-order valence-electron chi connectivity index (χ2n) is 6.31. The van der Waals surface area contributed by atoms with E-state index in [1.807, 2.05) is 6.07 Å². The number of fused-ring (bicyclic) bond motifs is 4. The van der Waals surface area contributed by atoms with Crippen molar-refractivity contribution in [3.05, 3.63) is 53.3 Å². The van der Waals surface area contributed by atoms with Gasteiger partial charge in [-0.2, -0.15) is 4.57 Å². The molecule has 1 aliphatic rings. The van der Waals surface area contributed by atoms with Gasteiger partial charge in [0.25, 0.3) is 0 Å². The molecule has 0 unspecified atom stereocenters. The predicted octanol–water partition coefficient (Wildman–Crippen LogP) is 0.118. The van der Waals surface area contributed by atoms with Gasteiger partial charge in [0.15, 0.2) is 41.4 Å². The molecule has 27 heavy (non-hydrogen) atoms. The molecule has 0 spiro atoms. The number of methoxy groups -OCH3 is 4. The lowest BCUT2D eigenvalue weighted by Crippen LogP contribution is -3.00. The second kappa shape index (κ2) is 7.80. The molecule has 4 rings (SSSR count). The molecule has 2 heterocycles. The number of aromatic nitrogens is 1. The molecule has 0 saturated heterocycles. The van der Waals surface area contributed by atoms with E-state index in [9.17, 15) is 0 Å². The normalized spacial score (nSPS) is 11.9. The first-order valence-corrected chi connectivity index (χ1v) is 8.50. The largest absolute Gasteiger partial charge is 1.00 e. The van der Waals surface area contributed by atoms with Crippen LogP contribution >= 0.6 is 0 Å². The van der Waals surface area contributed by atoms with Crippen LogP contribution < -0.4 is 47.5 Å². The molecular formula is C21H22INO4. The fourth-order valence-electron chi connectivity index (χ4n) is 3.76. The summed E-state index contributed by atoms with van der Waals surface area (Å²) >= 11 is 0. The van der Waals surface area contributed by atoms with Crippen LogP contribution in [0.25, 0.3) is 10.8 Å². The van der Waals surface area contributed by atoms with Crippen molar-refractivity contribution in [2.24, 2.45) is 0 Å². The van der Waals surface area contributed by atoms with Crippen molar-refractivity contribution >= 4 is 10.8 Å². The fraction of sp³-hybridized carbons (Fsp3) is 0.286. The van der Waals surface area contributed by atoms with Crippen molar-refractivity contribution in [3.63, 3.8) is 0 Å². The Hall–Kier alpha value is -2.22. The maximum Gasteiger partial charge on any atom is 0.197 e. The third kappa shape index (κ3) is 3.16. The number of rotatable bonds is 4. The number of benzene rings is 2. The van der Waals surface area contributed by atoms with Crippen LogP contribution in [0.2, 0.25) is 0 Å². The average molecular weight is 479 g/mol. The average Bonchev–Trinajstić information content (AvgIpc) is 2.69. The van der Waals surface area contributed by atoms with Crippen LogP contribution in [0.3, 0.4) is 0 Å². The molecule has 0 saturated carbocycles. The Morgan fingerprint density at radius 1 is 0.778 bits per heavy atom. The predicted molar refractivity (Wildman–Crippen MR) is 98.7 cm³/mol. The Labute approximate surface area is 175 Å². The minimum Gasteiger partial charge on any atom is -1.00 e. The van der Waals surface area contributed by atoms with Gasteiger partial charge in [-0.15, -0.1) is 0 Å². The van der Waals surface area contributed by atoms with Crippen molar-refractivity contribution in [2.45, 2.75) is 13.0 Å². The monoisotopic (exact) mass is 479 g/mol. The Balaban J connectivity index is 0.00000210. The summed E-state index contributed by atoms with van der Waals surface area (Å²) in [5.74, 6) is 3.03. The number of pyridine rings is 1. The Bertz CT molecular complexity index is 1000. The van der Waals surface area contributed by atoms with Gasteiger partial charge in [0, 0.05) is 11.6 Å². The molecule has 0 radical (unpaired) electrons. The number of hydrogen-bond acceptors (Lipinski definition) is 4. The molecule has 0 amide bonds. The van der Waals surface area contributed by atoms with E-state index >= 15 is 0 Å². The molecule has 6 heteroatoms. The smallest absolute Gasteiger partial charge is 0.197 e. The van der Waals surface area contributed by atoms with Crippen LogP contribution in [0, 0.1) is 0 Å².